The van der Waals surface area contributed by atoms with Crippen molar-refractivity contribution in [1.82, 2.24) is 14.8 Å². The Morgan fingerprint density at radius 3 is 2.67 bits per heavy atom. The number of hydrogen-bond acceptors (Lipinski definition) is 4. The van der Waals surface area contributed by atoms with Crippen molar-refractivity contribution in [2.24, 2.45) is 0 Å². The molecular formula is C16H22F3N3O2. The summed E-state index contributed by atoms with van der Waals surface area (Å²) < 4.78 is 40.8. The molecule has 0 spiro atoms. The minimum absolute atomic E-state index is 0.146. The predicted octanol–water partition coefficient (Wildman–Crippen LogP) is 2.58. The summed E-state index contributed by atoms with van der Waals surface area (Å²) in [6.07, 6.45) is -0.277. The number of alkyl halides is 3. The third-order valence-corrected chi connectivity index (χ3v) is 4.08. The maximum absolute atomic E-state index is 12.5. The number of ether oxygens (including phenoxy) is 1. The average Bonchev–Trinajstić information content (AvgIpc) is 2.78. The Morgan fingerprint density at radius 2 is 2.08 bits per heavy atom. The number of likely N-dealkylation sites (tertiary alicyclic amines) is 1. The molecule has 0 saturated carbocycles. The van der Waals surface area contributed by atoms with Crippen LogP contribution >= 0.6 is 0 Å². The van der Waals surface area contributed by atoms with Crippen molar-refractivity contribution in [3.05, 3.63) is 23.9 Å². The Labute approximate surface area is 139 Å². The number of rotatable bonds is 4. The zero-order chi connectivity index (χ0) is 17.7. The average molecular weight is 345 g/mol. The standard InChI is InChI=1S/C16H22F3N3O2/c1-21(2)13-4-3-8-22(9-7-13)15(23)12-5-6-14(20-10-12)24-11-16(17,18)19/h5-6,10,13H,3-4,7-9,11H2,1-2H3. The van der Waals surface area contributed by atoms with E-state index in [1.54, 1.807) is 4.90 Å². The van der Waals surface area contributed by atoms with E-state index in [1.165, 1.54) is 18.3 Å². The lowest BCUT2D eigenvalue weighted by atomic mass is 10.1. The molecule has 1 aromatic rings. The van der Waals surface area contributed by atoms with Crippen LogP contribution in [0.25, 0.3) is 0 Å². The molecule has 1 atom stereocenters. The first-order chi connectivity index (χ1) is 11.3. The van der Waals surface area contributed by atoms with Crippen LogP contribution in [-0.2, 0) is 0 Å². The van der Waals surface area contributed by atoms with Crippen molar-refractivity contribution < 1.29 is 22.7 Å². The molecule has 1 aliphatic heterocycles. The molecule has 24 heavy (non-hydrogen) atoms. The topological polar surface area (TPSA) is 45.7 Å². The Morgan fingerprint density at radius 1 is 1.33 bits per heavy atom. The van der Waals surface area contributed by atoms with Gasteiger partial charge in [-0.05, 0) is 39.4 Å². The van der Waals surface area contributed by atoms with Gasteiger partial charge in [0, 0.05) is 31.4 Å². The minimum Gasteiger partial charge on any atom is -0.468 e. The van der Waals surface area contributed by atoms with Crippen LogP contribution in [0.3, 0.4) is 0 Å². The molecule has 1 unspecified atom stereocenters. The van der Waals surface area contributed by atoms with E-state index < -0.39 is 12.8 Å². The maximum Gasteiger partial charge on any atom is 0.422 e. The highest BCUT2D eigenvalue weighted by atomic mass is 19.4. The fraction of sp³-hybridized carbons (Fsp3) is 0.625. The van der Waals surface area contributed by atoms with Crippen molar-refractivity contribution in [2.75, 3.05) is 33.8 Å². The largest absolute Gasteiger partial charge is 0.468 e. The fourth-order valence-electron chi connectivity index (χ4n) is 2.73. The highest BCUT2D eigenvalue weighted by molar-refractivity contribution is 5.94. The van der Waals surface area contributed by atoms with Gasteiger partial charge in [0.15, 0.2) is 6.61 Å². The Bertz CT molecular complexity index is 546. The molecule has 134 valence electrons. The van der Waals surface area contributed by atoms with E-state index in [2.05, 4.69) is 14.6 Å². The molecule has 1 saturated heterocycles. The highest BCUT2D eigenvalue weighted by Crippen LogP contribution is 2.19. The molecule has 5 nitrogen and oxygen atoms in total. The first kappa shape index (κ1) is 18.5. The first-order valence-corrected chi connectivity index (χ1v) is 7.87. The van der Waals surface area contributed by atoms with Gasteiger partial charge in [-0.25, -0.2) is 4.98 Å². The second-order valence-electron chi connectivity index (χ2n) is 6.13. The summed E-state index contributed by atoms with van der Waals surface area (Å²) >= 11 is 0. The van der Waals surface area contributed by atoms with Gasteiger partial charge in [0.05, 0.1) is 5.56 Å². The molecule has 0 aliphatic carbocycles. The van der Waals surface area contributed by atoms with Gasteiger partial charge in [0.2, 0.25) is 5.88 Å². The third kappa shape index (κ3) is 5.36. The summed E-state index contributed by atoms with van der Waals surface area (Å²) in [6, 6.07) is 3.20. The lowest BCUT2D eigenvalue weighted by Gasteiger charge is -2.23. The number of aromatic nitrogens is 1. The van der Waals surface area contributed by atoms with Gasteiger partial charge in [-0.15, -0.1) is 0 Å². The molecule has 0 aromatic carbocycles. The molecule has 0 radical (unpaired) electrons. The lowest BCUT2D eigenvalue weighted by molar-refractivity contribution is -0.154. The third-order valence-electron chi connectivity index (χ3n) is 4.08. The predicted molar refractivity (Wildman–Crippen MR) is 83.0 cm³/mol. The van der Waals surface area contributed by atoms with Crippen LogP contribution in [0.5, 0.6) is 5.88 Å². The van der Waals surface area contributed by atoms with Gasteiger partial charge in [0.25, 0.3) is 5.91 Å². The Balaban J connectivity index is 1.94. The van der Waals surface area contributed by atoms with Crippen molar-refractivity contribution >= 4 is 5.91 Å². The van der Waals surface area contributed by atoms with Gasteiger partial charge < -0.3 is 14.5 Å². The smallest absolute Gasteiger partial charge is 0.422 e. The summed E-state index contributed by atoms with van der Waals surface area (Å²) in [5.41, 5.74) is 0.359. The molecule has 1 aromatic heterocycles. The highest BCUT2D eigenvalue weighted by Gasteiger charge is 2.28. The Kier molecular flexibility index (Phi) is 6.04. The van der Waals surface area contributed by atoms with Crippen LogP contribution in [-0.4, -0.2) is 66.7 Å². The van der Waals surface area contributed by atoms with Crippen LogP contribution in [0, 0.1) is 0 Å². The minimum atomic E-state index is -4.41. The van der Waals surface area contributed by atoms with Gasteiger partial charge in [-0.1, -0.05) is 0 Å². The fourth-order valence-corrected chi connectivity index (χ4v) is 2.73. The van der Waals surface area contributed by atoms with Crippen LogP contribution in [0.2, 0.25) is 0 Å². The van der Waals surface area contributed by atoms with Gasteiger partial charge in [0.1, 0.15) is 0 Å². The SMILES string of the molecule is CN(C)C1CCCN(C(=O)c2ccc(OCC(F)(F)F)nc2)CC1. The van der Waals surface area contributed by atoms with Gasteiger partial charge in [-0.2, -0.15) is 13.2 Å². The van der Waals surface area contributed by atoms with Crippen molar-refractivity contribution in [2.45, 2.75) is 31.5 Å². The lowest BCUT2D eigenvalue weighted by Crippen LogP contribution is -2.33. The van der Waals surface area contributed by atoms with Crippen molar-refractivity contribution in [3.63, 3.8) is 0 Å². The molecule has 8 heteroatoms. The molecular weight excluding hydrogens is 323 g/mol. The molecule has 1 fully saturated rings. The van der Waals surface area contributed by atoms with E-state index in [4.69, 9.17) is 0 Å². The summed E-state index contributed by atoms with van der Waals surface area (Å²) in [4.78, 5) is 20.2. The van der Waals surface area contributed by atoms with Gasteiger partial charge in [-0.3, -0.25) is 4.79 Å². The quantitative estimate of drug-likeness (QED) is 0.841. The molecule has 1 amide bonds. The van der Waals surface area contributed by atoms with Crippen molar-refractivity contribution in [3.8, 4) is 5.88 Å². The number of pyridine rings is 1. The van der Waals surface area contributed by atoms with E-state index >= 15 is 0 Å². The molecule has 1 aliphatic rings. The van der Waals surface area contributed by atoms with Gasteiger partial charge >= 0.3 is 6.18 Å². The zero-order valence-corrected chi connectivity index (χ0v) is 13.8. The second kappa shape index (κ2) is 7.83. The van der Waals surface area contributed by atoms with E-state index in [0.717, 1.165) is 19.3 Å². The molecule has 2 heterocycles. The first-order valence-electron chi connectivity index (χ1n) is 7.87. The normalized spacial score (nSPS) is 19.2. The van der Waals surface area contributed by atoms with Crippen LogP contribution < -0.4 is 4.74 Å². The number of hydrogen-bond donors (Lipinski definition) is 0. The van der Waals surface area contributed by atoms with Crippen LogP contribution in [0.4, 0.5) is 13.2 Å². The summed E-state index contributed by atoms with van der Waals surface area (Å²) in [5, 5.41) is 0. The second-order valence-corrected chi connectivity index (χ2v) is 6.13. The molecule has 0 N–H and O–H groups in total. The number of carbonyl (C=O) groups is 1. The number of carbonyl (C=O) groups excluding carboxylic acids is 1. The van der Waals surface area contributed by atoms with Crippen LogP contribution in [0.1, 0.15) is 29.6 Å². The summed E-state index contributed by atoms with van der Waals surface area (Å²) in [5.74, 6) is -0.295. The maximum atomic E-state index is 12.5. The van der Waals surface area contributed by atoms with E-state index in [0.29, 0.717) is 24.7 Å². The number of amides is 1. The zero-order valence-electron chi connectivity index (χ0n) is 13.8. The molecule has 0 bridgehead atoms. The van der Waals surface area contributed by atoms with Crippen LogP contribution in [0.15, 0.2) is 18.3 Å². The van der Waals surface area contributed by atoms with E-state index in [1.807, 2.05) is 14.1 Å². The molecule has 2 rings (SSSR count). The van der Waals surface area contributed by atoms with Crippen molar-refractivity contribution in [1.29, 1.82) is 0 Å². The van der Waals surface area contributed by atoms with E-state index in [-0.39, 0.29) is 11.8 Å². The number of halogens is 3. The summed E-state index contributed by atoms with van der Waals surface area (Å²) in [6.45, 7) is -0.0607. The van der Waals surface area contributed by atoms with E-state index in [9.17, 15) is 18.0 Å². The monoisotopic (exact) mass is 345 g/mol. The summed E-state index contributed by atoms with van der Waals surface area (Å²) in [7, 11) is 4.07. The Hall–Kier alpha value is -1.83. The number of nitrogens with zero attached hydrogens (tertiary/aromatic N) is 3.